The molecule has 0 aromatic carbocycles. The zero-order chi connectivity index (χ0) is 13.0. The zero-order valence-electron chi connectivity index (χ0n) is 12.3. The summed E-state index contributed by atoms with van der Waals surface area (Å²) in [6.45, 7) is 7.16. The molecule has 2 nitrogen and oxygen atoms in total. The Kier molecular flexibility index (Phi) is 5.84. The molecule has 2 saturated heterocycles. The zero-order valence-corrected chi connectivity index (χ0v) is 13.1. The second-order valence-electron chi connectivity index (χ2n) is 6.08. The molecule has 3 unspecified atom stereocenters. The Labute approximate surface area is 117 Å². The van der Waals surface area contributed by atoms with Crippen molar-refractivity contribution in [2.75, 3.05) is 19.3 Å². The summed E-state index contributed by atoms with van der Waals surface area (Å²) in [6.07, 6.45) is 10.5. The number of hydrogen-bond donors (Lipinski definition) is 1. The Bertz CT molecular complexity index is 233. The molecule has 3 atom stereocenters. The minimum atomic E-state index is 0.802. The molecule has 106 valence electrons. The highest BCUT2D eigenvalue weighted by Gasteiger charge is 2.39. The number of nitrogens with one attached hydrogen (secondary N) is 1. The van der Waals surface area contributed by atoms with Gasteiger partial charge in [-0.15, -0.1) is 0 Å². The number of piperidine rings is 1. The molecule has 2 rings (SSSR count). The van der Waals surface area contributed by atoms with Crippen molar-refractivity contribution in [2.24, 2.45) is 0 Å². The van der Waals surface area contributed by atoms with E-state index >= 15 is 0 Å². The van der Waals surface area contributed by atoms with Crippen molar-refractivity contribution in [3.8, 4) is 0 Å². The number of rotatable bonds is 7. The number of fused-ring (bicyclic) bond motifs is 2. The predicted molar refractivity (Wildman–Crippen MR) is 82.4 cm³/mol. The van der Waals surface area contributed by atoms with Crippen LogP contribution in [0.2, 0.25) is 0 Å². The summed E-state index contributed by atoms with van der Waals surface area (Å²) in [6, 6.07) is 2.57. The molecule has 0 aromatic heterocycles. The molecule has 2 heterocycles. The average Bonchev–Trinajstić information content (AvgIpc) is 2.63. The van der Waals surface area contributed by atoms with Gasteiger partial charge >= 0.3 is 0 Å². The van der Waals surface area contributed by atoms with Crippen LogP contribution in [-0.4, -0.2) is 47.6 Å². The van der Waals surface area contributed by atoms with Gasteiger partial charge in [0.1, 0.15) is 0 Å². The van der Waals surface area contributed by atoms with Crippen molar-refractivity contribution in [1.82, 2.24) is 10.2 Å². The topological polar surface area (TPSA) is 15.3 Å². The minimum absolute atomic E-state index is 0.802. The van der Waals surface area contributed by atoms with Gasteiger partial charge in [0.25, 0.3) is 0 Å². The molecule has 1 N–H and O–H groups in total. The van der Waals surface area contributed by atoms with E-state index in [0.717, 1.165) is 23.4 Å². The largest absolute Gasteiger partial charge is 0.314 e. The Balaban J connectivity index is 1.78. The van der Waals surface area contributed by atoms with Crippen LogP contribution in [0.4, 0.5) is 0 Å². The van der Waals surface area contributed by atoms with Gasteiger partial charge in [0.05, 0.1) is 0 Å². The quantitative estimate of drug-likeness (QED) is 0.765. The van der Waals surface area contributed by atoms with E-state index in [1.807, 2.05) is 11.8 Å². The maximum absolute atomic E-state index is 3.74. The second kappa shape index (κ2) is 7.16. The normalized spacial score (nSPS) is 33.8. The van der Waals surface area contributed by atoms with Gasteiger partial charge in [0.15, 0.2) is 0 Å². The molecule has 0 aromatic rings. The maximum Gasteiger partial charge on any atom is 0.0114 e. The lowest BCUT2D eigenvalue weighted by molar-refractivity contribution is 0.116. The van der Waals surface area contributed by atoms with E-state index in [-0.39, 0.29) is 0 Å². The van der Waals surface area contributed by atoms with Gasteiger partial charge < -0.3 is 5.32 Å². The SMILES string of the molecule is CCCNC1CC2CCC(C1)N2CCC(C)SC. The summed E-state index contributed by atoms with van der Waals surface area (Å²) in [7, 11) is 0. The molecule has 2 aliphatic heterocycles. The third-order valence-electron chi connectivity index (χ3n) is 4.76. The fourth-order valence-electron chi connectivity index (χ4n) is 3.60. The van der Waals surface area contributed by atoms with Crippen molar-refractivity contribution in [2.45, 2.75) is 75.7 Å². The molecule has 0 aliphatic carbocycles. The van der Waals surface area contributed by atoms with Gasteiger partial charge in [-0.25, -0.2) is 0 Å². The van der Waals surface area contributed by atoms with Crippen molar-refractivity contribution in [3.63, 3.8) is 0 Å². The number of thioether (sulfide) groups is 1. The van der Waals surface area contributed by atoms with Crippen LogP contribution >= 0.6 is 11.8 Å². The predicted octanol–water partition coefficient (Wildman–Crippen LogP) is 3.12. The summed E-state index contributed by atoms with van der Waals surface area (Å²) >= 11 is 2.01. The van der Waals surface area contributed by atoms with Crippen molar-refractivity contribution < 1.29 is 0 Å². The summed E-state index contributed by atoms with van der Waals surface area (Å²) in [4.78, 5) is 2.83. The maximum atomic E-state index is 3.74. The molecular formula is C15H30N2S. The fourth-order valence-corrected chi connectivity index (χ4v) is 3.94. The Morgan fingerprint density at radius 2 is 1.94 bits per heavy atom. The second-order valence-corrected chi connectivity index (χ2v) is 7.36. The fraction of sp³-hybridized carbons (Fsp3) is 1.00. The summed E-state index contributed by atoms with van der Waals surface area (Å²) < 4.78 is 0. The van der Waals surface area contributed by atoms with E-state index in [1.54, 1.807) is 0 Å². The summed E-state index contributed by atoms with van der Waals surface area (Å²) in [5.74, 6) is 0. The van der Waals surface area contributed by atoms with Crippen molar-refractivity contribution >= 4 is 11.8 Å². The van der Waals surface area contributed by atoms with Gasteiger partial charge in [-0.3, -0.25) is 4.90 Å². The van der Waals surface area contributed by atoms with E-state index in [4.69, 9.17) is 0 Å². The van der Waals surface area contributed by atoms with Gasteiger partial charge in [-0.1, -0.05) is 13.8 Å². The van der Waals surface area contributed by atoms with Crippen LogP contribution in [0.25, 0.3) is 0 Å². The number of hydrogen-bond acceptors (Lipinski definition) is 3. The lowest BCUT2D eigenvalue weighted by Crippen LogP contribution is -2.49. The Morgan fingerprint density at radius 1 is 1.28 bits per heavy atom. The highest BCUT2D eigenvalue weighted by molar-refractivity contribution is 7.99. The van der Waals surface area contributed by atoms with Crippen LogP contribution in [0.5, 0.6) is 0 Å². The standard InChI is InChI=1S/C15H30N2S/c1-4-8-16-13-10-14-5-6-15(11-13)17(14)9-7-12(2)18-3/h12-16H,4-11H2,1-3H3. The molecule has 18 heavy (non-hydrogen) atoms. The van der Waals surface area contributed by atoms with Crippen LogP contribution in [0.1, 0.15) is 52.4 Å². The first-order valence-electron chi connectivity index (χ1n) is 7.76. The molecule has 2 fully saturated rings. The molecule has 0 saturated carbocycles. The van der Waals surface area contributed by atoms with Crippen LogP contribution in [0.15, 0.2) is 0 Å². The van der Waals surface area contributed by atoms with Crippen LogP contribution in [-0.2, 0) is 0 Å². The van der Waals surface area contributed by atoms with Crippen LogP contribution < -0.4 is 5.32 Å². The highest BCUT2D eigenvalue weighted by Crippen LogP contribution is 2.36. The monoisotopic (exact) mass is 270 g/mol. The van der Waals surface area contributed by atoms with Crippen LogP contribution in [0, 0.1) is 0 Å². The molecule has 0 radical (unpaired) electrons. The smallest absolute Gasteiger partial charge is 0.0114 e. The van der Waals surface area contributed by atoms with E-state index in [9.17, 15) is 0 Å². The van der Waals surface area contributed by atoms with E-state index in [2.05, 4.69) is 30.3 Å². The van der Waals surface area contributed by atoms with E-state index in [0.29, 0.717) is 0 Å². The third-order valence-corrected chi connectivity index (χ3v) is 5.80. The van der Waals surface area contributed by atoms with Crippen molar-refractivity contribution in [3.05, 3.63) is 0 Å². The van der Waals surface area contributed by atoms with Gasteiger partial charge in [-0.2, -0.15) is 11.8 Å². The molecule has 0 spiro atoms. The first-order chi connectivity index (χ1) is 8.74. The molecule has 3 heteroatoms. The lowest BCUT2D eigenvalue weighted by atomic mass is 9.97. The summed E-state index contributed by atoms with van der Waals surface area (Å²) in [5, 5.41) is 4.56. The Morgan fingerprint density at radius 3 is 2.50 bits per heavy atom. The van der Waals surface area contributed by atoms with Gasteiger partial charge in [-0.05, 0) is 57.9 Å². The van der Waals surface area contributed by atoms with E-state index in [1.165, 1.54) is 51.6 Å². The molecule has 0 amide bonds. The first kappa shape index (κ1) is 14.7. The van der Waals surface area contributed by atoms with Gasteiger partial charge in [0, 0.05) is 23.4 Å². The first-order valence-corrected chi connectivity index (χ1v) is 9.05. The van der Waals surface area contributed by atoms with Crippen LogP contribution in [0.3, 0.4) is 0 Å². The molecule has 2 bridgehead atoms. The number of nitrogens with zero attached hydrogens (tertiary/aromatic N) is 1. The van der Waals surface area contributed by atoms with Gasteiger partial charge in [0.2, 0.25) is 0 Å². The van der Waals surface area contributed by atoms with Crippen molar-refractivity contribution in [1.29, 1.82) is 0 Å². The minimum Gasteiger partial charge on any atom is -0.314 e. The lowest BCUT2D eigenvalue weighted by Gasteiger charge is -2.39. The Hall–Kier alpha value is 0.270. The third kappa shape index (κ3) is 3.64. The van der Waals surface area contributed by atoms with E-state index < -0.39 is 0 Å². The molecular weight excluding hydrogens is 240 g/mol. The highest BCUT2D eigenvalue weighted by atomic mass is 32.2. The summed E-state index contributed by atoms with van der Waals surface area (Å²) in [5.41, 5.74) is 0. The average molecular weight is 270 g/mol. The molecule has 2 aliphatic rings.